The summed E-state index contributed by atoms with van der Waals surface area (Å²) in [6, 6.07) is 8.69. The molecule has 0 radical (unpaired) electrons. The maximum Gasteiger partial charge on any atom is 0.416 e. The highest BCUT2D eigenvalue weighted by molar-refractivity contribution is 6.31. The zero-order valence-electron chi connectivity index (χ0n) is 11.8. The van der Waals surface area contributed by atoms with E-state index in [9.17, 15) is 22.4 Å². The van der Waals surface area contributed by atoms with Gasteiger partial charge >= 0.3 is 6.18 Å². The molecule has 0 atom stereocenters. The second kappa shape index (κ2) is 7.00. The zero-order valence-corrected chi connectivity index (χ0v) is 12.5. The molecule has 0 heterocycles. The Morgan fingerprint density at radius 2 is 1.83 bits per heavy atom. The largest absolute Gasteiger partial charge is 0.416 e. The average Bonchev–Trinajstić information content (AvgIpc) is 2.48. The van der Waals surface area contributed by atoms with Gasteiger partial charge in [0.05, 0.1) is 12.0 Å². The molecule has 0 spiro atoms. The molecule has 0 fully saturated rings. The number of carbonyl (C=O) groups excluding carboxylic acids is 1. The molecule has 23 heavy (non-hydrogen) atoms. The molecule has 0 aromatic heterocycles. The zero-order chi connectivity index (χ0) is 17.0. The fourth-order valence-corrected chi connectivity index (χ4v) is 2.21. The quantitative estimate of drug-likeness (QED) is 0.820. The summed E-state index contributed by atoms with van der Waals surface area (Å²) in [5, 5.41) is 2.57. The molecule has 2 aromatic rings. The van der Waals surface area contributed by atoms with Crippen LogP contribution in [-0.4, -0.2) is 5.91 Å². The predicted octanol–water partition coefficient (Wildman–Crippen LogP) is 4.36. The number of hydrogen-bond acceptors (Lipinski definition) is 1. The van der Waals surface area contributed by atoms with Gasteiger partial charge in [0.25, 0.3) is 0 Å². The molecule has 2 rings (SSSR count). The number of carbonyl (C=O) groups is 1. The monoisotopic (exact) mass is 345 g/mol. The van der Waals surface area contributed by atoms with E-state index >= 15 is 0 Å². The average molecular weight is 346 g/mol. The first-order valence-corrected chi connectivity index (χ1v) is 7.01. The van der Waals surface area contributed by atoms with Gasteiger partial charge in [-0.3, -0.25) is 4.79 Å². The maximum atomic E-state index is 13.6. The molecule has 0 saturated heterocycles. The van der Waals surface area contributed by atoms with Gasteiger partial charge < -0.3 is 5.32 Å². The van der Waals surface area contributed by atoms with Crippen molar-refractivity contribution in [1.29, 1.82) is 0 Å². The van der Waals surface area contributed by atoms with Crippen molar-refractivity contribution in [2.75, 3.05) is 0 Å². The Morgan fingerprint density at radius 3 is 2.48 bits per heavy atom. The molecular weight excluding hydrogens is 334 g/mol. The Bertz CT molecular complexity index is 695. The van der Waals surface area contributed by atoms with Crippen LogP contribution in [0.4, 0.5) is 17.6 Å². The lowest BCUT2D eigenvalue weighted by Crippen LogP contribution is -2.25. The Hall–Kier alpha value is -2.08. The van der Waals surface area contributed by atoms with Crippen molar-refractivity contribution >= 4 is 17.5 Å². The Labute approximate surface area is 135 Å². The highest BCUT2D eigenvalue weighted by atomic mass is 35.5. The standard InChI is InChI=1S/C16H12ClF4NO/c17-13-5-2-6-14(18)12(13)8-15(23)22-9-10-3-1-4-11(7-10)16(19,20)21/h1-7H,8-9H2,(H,22,23). The van der Waals surface area contributed by atoms with Crippen molar-refractivity contribution in [3.63, 3.8) is 0 Å². The fraction of sp³-hybridized carbons (Fsp3) is 0.188. The van der Waals surface area contributed by atoms with E-state index in [0.717, 1.165) is 12.1 Å². The lowest BCUT2D eigenvalue weighted by Gasteiger charge is -2.10. The van der Waals surface area contributed by atoms with Crippen LogP contribution >= 0.6 is 11.6 Å². The lowest BCUT2D eigenvalue weighted by molar-refractivity contribution is -0.137. The molecule has 2 aromatic carbocycles. The fourth-order valence-electron chi connectivity index (χ4n) is 1.98. The van der Waals surface area contributed by atoms with E-state index in [1.165, 1.54) is 30.3 Å². The first kappa shape index (κ1) is 17.3. The number of amides is 1. The third-order valence-electron chi connectivity index (χ3n) is 3.14. The molecular formula is C16H12ClF4NO. The number of alkyl halides is 3. The second-order valence-corrected chi connectivity index (χ2v) is 5.26. The van der Waals surface area contributed by atoms with Gasteiger partial charge in [-0.2, -0.15) is 13.2 Å². The smallest absolute Gasteiger partial charge is 0.352 e. The van der Waals surface area contributed by atoms with E-state index in [1.807, 2.05) is 0 Å². The minimum absolute atomic E-state index is 0.0516. The third kappa shape index (κ3) is 4.69. The normalized spacial score (nSPS) is 11.3. The number of halogens is 5. The van der Waals surface area contributed by atoms with Crippen LogP contribution in [0.3, 0.4) is 0 Å². The van der Waals surface area contributed by atoms with Crippen molar-refractivity contribution < 1.29 is 22.4 Å². The summed E-state index contributed by atoms with van der Waals surface area (Å²) < 4.78 is 51.4. The number of hydrogen-bond donors (Lipinski definition) is 1. The molecule has 0 bridgehead atoms. The molecule has 0 aliphatic rings. The predicted molar refractivity (Wildman–Crippen MR) is 78.4 cm³/mol. The number of rotatable bonds is 4. The Kier molecular flexibility index (Phi) is 5.26. The molecule has 1 amide bonds. The minimum Gasteiger partial charge on any atom is -0.352 e. The summed E-state index contributed by atoms with van der Waals surface area (Å²) in [5.41, 5.74) is -0.440. The van der Waals surface area contributed by atoms with Crippen LogP contribution in [0, 0.1) is 5.82 Å². The van der Waals surface area contributed by atoms with Gasteiger partial charge in [0.1, 0.15) is 5.82 Å². The van der Waals surface area contributed by atoms with Crippen molar-refractivity contribution in [2.24, 2.45) is 0 Å². The van der Waals surface area contributed by atoms with E-state index in [0.29, 0.717) is 5.56 Å². The van der Waals surface area contributed by atoms with Crippen molar-refractivity contribution in [1.82, 2.24) is 5.32 Å². The van der Waals surface area contributed by atoms with Crippen LogP contribution in [0.15, 0.2) is 42.5 Å². The lowest BCUT2D eigenvalue weighted by atomic mass is 10.1. The van der Waals surface area contributed by atoms with Gasteiger partial charge in [0.15, 0.2) is 0 Å². The summed E-state index contributed by atoms with van der Waals surface area (Å²) in [4.78, 5) is 11.8. The highest BCUT2D eigenvalue weighted by Gasteiger charge is 2.30. The molecule has 0 aliphatic carbocycles. The van der Waals surface area contributed by atoms with Gasteiger partial charge in [-0.1, -0.05) is 29.8 Å². The number of nitrogens with one attached hydrogen (secondary N) is 1. The van der Waals surface area contributed by atoms with E-state index in [2.05, 4.69) is 5.32 Å². The topological polar surface area (TPSA) is 29.1 Å². The maximum absolute atomic E-state index is 13.6. The Balaban J connectivity index is 2.00. The van der Waals surface area contributed by atoms with Crippen LogP contribution in [0.2, 0.25) is 5.02 Å². The second-order valence-electron chi connectivity index (χ2n) is 4.85. The van der Waals surface area contributed by atoms with E-state index in [-0.39, 0.29) is 23.6 Å². The molecule has 122 valence electrons. The molecule has 2 nitrogen and oxygen atoms in total. The summed E-state index contributed by atoms with van der Waals surface area (Å²) in [6.45, 7) is -0.0885. The minimum atomic E-state index is -4.44. The number of benzene rings is 2. The van der Waals surface area contributed by atoms with Crippen molar-refractivity contribution in [2.45, 2.75) is 19.1 Å². The summed E-state index contributed by atoms with van der Waals surface area (Å²) in [7, 11) is 0. The van der Waals surface area contributed by atoms with Crippen LogP contribution in [0.25, 0.3) is 0 Å². The van der Waals surface area contributed by atoms with E-state index < -0.39 is 23.5 Å². The van der Waals surface area contributed by atoms with Gasteiger partial charge in [0, 0.05) is 17.1 Å². The van der Waals surface area contributed by atoms with Gasteiger partial charge in [-0.15, -0.1) is 0 Å². The SMILES string of the molecule is O=C(Cc1c(F)cccc1Cl)NCc1cccc(C(F)(F)F)c1. The van der Waals surface area contributed by atoms with Crippen LogP contribution in [0.5, 0.6) is 0 Å². The van der Waals surface area contributed by atoms with Gasteiger partial charge in [-0.05, 0) is 29.8 Å². The third-order valence-corrected chi connectivity index (χ3v) is 3.50. The molecule has 0 saturated carbocycles. The molecule has 0 unspecified atom stereocenters. The van der Waals surface area contributed by atoms with Crippen LogP contribution < -0.4 is 5.32 Å². The first-order chi connectivity index (χ1) is 10.8. The van der Waals surface area contributed by atoms with Gasteiger partial charge in [0.2, 0.25) is 5.91 Å². The van der Waals surface area contributed by atoms with Crippen LogP contribution in [0.1, 0.15) is 16.7 Å². The summed E-state index contributed by atoms with van der Waals surface area (Å²) >= 11 is 5.82. The Morgan fingerprint density at radius 1 is 1.13 bits per heavy atom. The first-order valence-electron chi connectivity index (χ1n) is 6.63. The molecule has 0 aliphatic heterocycles. The molecule has 7 heteroatoms. The summed E-state index contributed by atoms with van der Waals surface area (Å²) in [6.07, 6.45) is -4.73. The van der Waals surface area contributed by atoms with Crippen molar-refractivity contribution in [3.8, 4) is 0 Å². The highest BCUT2D eigenvalue weighted by Crippen LogP contribution is 2.29. The van der Waals surface area contributed by atoms with Crippen molar-refractivity contribution in [3.05, 3.63) is 70.0 Å². The van der Waals surface area contributed by atoms with E-state index in [1.54, 1.807) is 0 Å². The molecule has 1 N–H and O–H groups in total. The van der Waals surface area contributed by atoms with E-state index in [4.69, 9.17) is 11.6 Å². The van der Waals surface area contributed by atoms with Gasteiger partial charge in [-0.25, -0.2) is 4.39 Å². The van der Waals surface area contributed by atoms with Crippen LogP contribution in [-0.2, 0) is 23.9 Å². The summed E-state index contributed by atoms with van der Waals surface area (Å²) in [5.74, 6) is -1.14.